The summed E-state index contributed by atoms with van der Waals surface area (Å²) in [5.41, 5.74) is 6.18. The zero-order chi connectivity index (χ0) is 15.5. The van der Waals surface area contributed by atoms with Crippen molar-refractivity contribution in [3.05, 3.63) is 50.7 Å². The quantitative estimate of drug-likeness (QED) is 0.476. The van der Waals surface area contributed by atoms with Crippen molar-refractivity contribution in [3.8, 4) is 0 Å². The van der Waals surface area contributed by atoms with E-state index in [0.29, 0.717) is 6.42 Å². The predicted molar refractivity (Wildman–Crippen MR) is 80.7 cm³/mol. The highest BCUT2D eigenvalue weighted by molar-refractivity contribution is 7.89. The number of hydrogen-bond donors (Lipinski definition) is 2. The zero-order valence-electron chi connectivity index (χ0n) is 10.9. The first-order chi connectivity index (χ1) is 9.90. The van der Waals surface area contributed by atoms with Gasteiger partial charge in [-0.25, -0.2) is 13.1 Å². The Kier molecular flexibility index (Phi) is 4.56. The molecule has 2 rings (SSSR count). The Morgan fingerprint density at radius 2 is 2.10 bits per heavy atom. The number of nitrogen functional groups attached to an aromatic ring is 1. The van der Waals surface area contributed by atoms with Crippen molar-refractivity contribution in [2.45, 2.75) is 11.3 Å². The third kappa shape index (κ3) is 3.78. The molecule has 0 saturated carbocycles. The smallest absolute Gasteiger partial charge is 0.289 e. The SMILES string of the molecule is Nc1ccc([N+](=O)[O-])c(S(=O)(=O)NCCc2ccsc2)c1. The van der Waals surface area contributed by atoms with Crippen LogP contribution in [0.3, 0.4) is 0 Å². The molecule has 0 bridgehead atoms. The largest absolute Gasteiger partial charge is 0.399 e. The first-order valence-corrected chi connectivity index (χ1v) is 8.37. The highest BCUT2D eigenvalue weighted by atomic mass is 32.2. The summed E-state index contributed by atoms with van der Waals surface area (Å²) in [6, 6.07) is 5.36. The molecule has 0 fully saturated rings. The number of nitrogens with one attached hydrogen (secondary N) is 1. The Labute approximate surface area is 125 Å². The maximum Gasteiger partial charge on any atom is 0.289 e. The molecule has 9 heteroatoms. The lowest BCUT2D eigenvalue weighted by atomic mass is 10.2. The topological polar surface area (TPSA) is 115 Å². The molecule has 0 aliphatic carbocycles. The molecule has 2 aromatic rings. The van der Waals surface area contributed by atoms with E-state index in [0.717, 1.165) is 17.7 Å². The molecule has 0 amide bonds. The molecule has 1 aromatic carbocycles. The lowest BCUT2D eigenvalue weighted by Gasteiger charge is -2.07. The molecule has 7 nitrogen and oxygen atoms in total. The van der Waals surface area contributed by atoms with Crippen molar-refractivity contribution in [3.63, 3.8) is 0 Å². The number of nitro benzene ring substituents is 1. The minimum Gasteiger partial charge on any atom is -0.399 e. The van der Waals surface area contributed by atoms with Crippen molar-refractivity contribution in [1.29, 1.82) is 0 Å². The monoisotopic (exact) mass is 327 g/mol. The minimum atomic E-state index is -3.98. The standard InChI is InChI=1S/C12H13N3O4S2/c13-10-1-2-11(15(16)17)12(7-10)21(18,19)14-5-3-9-4-6-20-8-9/h1-2,4,6-8,14H,3,5,13H2. The van der Waals surface area contributed by atoms with Crippen LogP contribution in [-0.4, -0.2) is 19.9 Å². The van der Waals surface area contributed by atoms with E-state index < -0.39 is 25.5 Å². The molecule has 1 heterocycles. The van der Waals surface area contributed by atoms with Crippen LogP contribution in [0.5, 0.6) is 0 Å². The van der Waals surface area contributed by atoms with Crippen LogP contribution < -0.4 is 10.5 Å². The Hall–Kier alpha value is -1.97. The van der Waals surface area contributed by atoms with Gasteiger partial charge < -0.3 is 5.73 Å². The van der Waals surface area contributed by atoms with E-state index in [9.17, 15) is 18.5 Å². The number of thiophene rings is 1. The van der Waals surface area contributed by atoms with Gasteiger partial charge in [0.15, 0.2) is 4.90 Å². The van der Waals surface area contributed by atoms with Gasteiger partial charge in [0.2, 0.25) is 10.0 Å². The fourth-order valence-corrected chi connectivity index (χ4v) is 3.68. The van der Waals surface area contributed by atoms with Gasteiger partial charge in [0.25, 0.3) is 5.69 Å². The summed E-state index contributed by atoms with van der Waals surface area (Å²) in [7, 11) is -3.98. The van der Waals surface area contributed by atoms with Crippen molar-refractivity contribution in [2.75, 3.05) is 12.3 Å². The van der Waals surface area contributed by atoms with E-state index >= 15 is 0 Å². The van der Waals surface area contributed by atoms with Gasteiger partial charge in [-0.3, -0.25) is 10.1 Å². The van der Waals surface area contributed by atoms with Crippen molar-refractivity contribution >= 4 is 32.7 Å². The second kappa shape index (κ2) is 6.20. The van der Waals surface area contributed by atoms with E-state index in [1.807, 2.05) is 16.8 Å². The summed E-state index contributed by atoms with van der Waals surface area (Å²) in [6.07, 6.45) is 0.513. The number of benzene rings is 1. The fourth-order valence-electron chi connectivity index (χ4n) is 1.74. The minimum absolute atomic E-state index is 0.152. The molecule has 0 aliphatic heterocycles. The number of nitro groups is 1. The molecule has 3 N–H and O–H groups in total. The fraction of sp³-hybridized carbons (Fsp3) is 0.167. The van der Waals surface area contributed by atoms with E-state index in [-0.39, 0.29) is 12.2 Å². The average molecular weight is 327 g/mol. The number of anilines is 1. The van der Waals surface area contributed by atoms with Crippen LogP contribution in [0.25, 0.3) is 0 Å². The van der Waals surface area contributed by atoms with Crippen molar-refractivity contribution in [2.24, 2.45) is 0 Å². The van der Waals surface area contributed by atoms with Crippen molar-refractivity contribution in [1.82, 2.24) is 4.72 Å². The number of rotatable bonds is 6. The second-order valence-corrected chi connectivity index (χ2v) is 6.78. The number of nitrogens with zero attached hydrogens (tertiary/aromatic N) is 1. The predicted octanol–water partition coefficient (Wildman–Crippen LogP) is 1.76. The maximum atomic E-state index is 12.2. The van der Waals surface area contributed by atoms with E-state index in [1.54, 1.807) is 0 Å². The van der Waals surface area contributed by atoms with Gasteiger partial charge in [-0.2, -0.15) is 11.3 Å². The van der Waals surface area contributed by atoms with Crippen LogP contribution in [0.4, 0.5) is 11.4 Å². The lowest BCUT2D eigenvalue weighted by molar-refractivity contribution is -0.387. The Balaban J connectivity index is 2.19. The number of hydrogen-bond acceptors (Lipinski definition) is 6. The van der Waals surface area contributed by atoms with Crippen LogP contribution in [0.1, 0.15) is 5.56 Å². The van der Waals surface area contributed by atoms with Gasteiger partial charge in [-0.1, -0.05) is 0 Å². The molecule has 112 valence electrons. The van der Waals surface area contributed by atoms with Gasteiger partial charge in [-0.05, 0) is 40.9 Å². The summed E-state index contributed by atoms with van der Waals surface area (Å²) in [5.74, 6) is 0. The lowest BCUT2D eigenvalue weighted by Crippen LogP contribution is -2.26. The third-order valence-electron chi connectivity index (χ3n) is 2.76. The van der Waals surface area contributed by atoms with Crippen LogP contribution in [0.15, 0.2) is 39.9 Å². The summed E-state index contributed by atoms with van der Waals surface area (Å²) >= 11 is 1.52. The molecule has 1 aromatic heterocycles. The summed E-state index contributed by atoms with van der Waals surface area (Å²) in [6.45, 7) is 0.158. The van der Waals surface area contributed by atoms with Gasteiger partial charge in [-0.15, -0.1) is 0 Å². The molecule has 0 saturated heterocycles. The van der Waals surface area contributed by atoms with Crippen LogP contribution in [0.2, 0.25) is 0 Å². The molecule has 0 radical (unpaired) electrons. The molecular formula is C12H13N3O4S2. The van der Waals surface area contributed by atoms with Gasteiger partial charge in [0.1, 0.15) is 0 Å². The Bertz CT molecular complexity index is 742. The summed E-state index contributed by atoms with van der Waals surface area (Å²) in [4.78, 5) is 9.75. The van der Waals surface area contributed by atoms with Crippen LogP contribution in [-0.2, 0) is 16.4 Å². The molecule has 0 spiro atoms. The van der Waals surface area contributed by atoms with Crippen LogP contribution in [0, 0.1) is 10.1 Å². The number of nitrogens with two attached hydrogens (primary N) is 1. The maximum absolute atomic E-state index is 12.2. The van der Waals surface area contributed by atoms with E-state index in [1.165, 1.54) is 17.4 Å². The third-order valence-corrected chi connectivity index (χ3v) is 4.98. The van der Waals surface area contributed by atoms with Gasteiger partial charge >= 0.3 is 0 Å². The molecule has 21 heavy (non-hydrogen) atoms. The van der Waals surface area contributed by atoms with Crippen molar-refractivity contribution < 1.29 is 13.3 Å². The highest BCUT2D eigenvalue weighted by Crippen LogP contribution is 2.25. The summed E-state index contributed by atoms with van der Waals surface area (Å²) < 4.78 is 26.7. The molecular weight excluding hydrogens is 314 g/mol. The Morgan fingerprint density at radius 3 is 2.71 bits per heavy atom. The Morgan fingerprint density at radius 1 is 1.33 bits per heavy atom. The van der Waals surface area contributed by atoms with E-state index in [2.05, 4.69) is 4.72 Å². The first kappa shape index (κ1) is 15.4. The highest BCUT2D eigenvalue weighted by Gasteiger charge is 2.25. The molecule has 0 unspecified atom stereocenters. The van der Waals surface area contributed by atoms with Gasteiger partial charge in [0, 0.05) is 18.3 Å². The average Bonchev–Trinajstić information content (AvgIpc) is 2.91. The van der Waals surface area contributed by atoms with E-state index in [4.69, 9.17) is 5.73 Å². The van der Waals surface area contributed by atoms with Crippen LogP contribution >= 0.6 is 11.3 Å². The molecule has 0 atom stereocenters. The first-order valence-electron chi connectivity index (χ1n) is 5.95. The van der Waals surface area contributed by atoms with Gasteiger partial charge in [0.05, 0.1) is 4.92 Å². The molecule has 0 aliphatic rings. The second-order valence-electron chi connectivity index (χ2n) is 4.26. The summed E-state index contributed by atoms with van der Waals surface area (Å²) in [5, 5.41) is 14.7. The zero-order valence-corrected chi connectivity index (χ0v) is 12.5. The normalized spacial score (nSPS) is 11.4. The number of sulfonamides is 1.